The molecule has 0 aromatic carbocycles. The van der Waals surface area contributed by atoms with Crippen LogP contribution in [0, 0.1) is 0 Å². The van der Waals surface area contributed by atoms with Crippen LogP contribution in [0.4, 0.5) is 0 Å². The average Bonchev–Trinajstić information content (AvgIpc) is 2.53. The molecule has 23 heavy (non-hydrogen) atoms. The first kappa shape index (κ1) is 22.0. The molecule has 134 valence electrons. The van der Waals surface area contributed by atoms with E-state index in [0.717, 1.165) is 0 Å². The summed E-state index contributed by atoms with van der Waals surface area (Å²) < 4.78 is 0. The minimum absolute atomic E-state index is 0.252. The first-order valence-electron chi connectivity index (χ1n) is 7.05. The summed E-state index contributed by atoms with van der Waals surface area (Å²) in [6.07, 6.45) is 4.41. The summed E-state index contributed by atoms with van der Waals surface area (Å²) in [6.45, 7) is -0.637. The monoisotopic (exact) mass is 367 g/mol. The normalized spacial score (nSPS) is 14.6. The summed E-state index contributed by atoms with van der Waals surface area (Å²) in [5.41, 5.74) is 5.69. The van der Waals surface area contributed by atoms with Crippen molar-refractivity contribution in [2.24, 2.45) is 5.73 Å². The molecule has 0 aliphatic carbocycles. The second kappa shape index (κ2) is 12.5. The number of nitrogens with one attached hydrogen (secondary N) is 2. The van der Waals surface area contributed by atoms with E-state index in [4.69, 9.17) is 10.8 Å². The second-order valence-corrected chi connectivity index (χ2v) is 6.78. The number of carboxylic acids is 1. The van der Waals surface area contributed by atoms with Gasteiger partial charge in [-0.1, -0.05) is 0 Å². The lowest BCUT2D eigenvalue weighted by Crippen LogP contribution is -2.56. The number of aliphatic hydroxyl groups excluding tert-OH is 1. The molecule has 0 aliphatic rings. The highest BCUT2D eigenvalue weighted by Crippen LogP contribution is 2.02. The van der Waals surface area contributed by atoms with Gasteiger partial charge < -0.3 is 26.6 Å². The molecule has 3 unspecified atom stereocenters. The Balaban J connectivity index is 4.60. The molecule has 0 heterocycles. The highest BCUT2D eigenvalue weighted by molar-refractivity contribution is 7.98. The Kier molecular flexibility index (Phi) is 11.9. The van der Waals surface area contributed by atoms with Gasteiger partial charge in [-0.3, -0.25) is 9.59 Å². The molecule has 0 aromatic rings. The molecule has 0 rings (SSSR count). The van der Waals surface area contributed by atoms with Crippen LogP contribution in [0.5, 0.6) is 0 Å². The lowest BCUT2D eigenvalue weighted by atomic mass is 10.1. The largest absolute Gasteiger partial charge is 0.480 e. The van der Waals surface area contributed by atoms with Crippen molar-refractivity contribution in [2.75, 3.05) is 30.6 Å². The van der Waals surface area contributed by atoms with Gasteiger partial charge in [0.2, 0.25) is 11.8 Å². The van der Waals surface area contributed by atoms with Gasteiger partial charge in [-0.2, -0.15) is 23.5 Å². The summed E-state index contributed by atoms with van der Waals surface area (Å²) in [4.78, 5) is 35.0. The number of aliphatic carboxylic acids is 1. The van der Waals surface area contributed by atoms with E-state index in [2.05, 4.69) is 10.6 Å². The molecular formula is C13H25N3O5S2. The van der Waals surface area contributed by atoms with Gasteiger partial charge in [0.1, 0.15) is 12.1 Å². The molecule has 8 nitrogen and oxygen atoms in total. The summed E-state index contributed by atoms with van der Waals surface area (Å²) in [5, 5.41) is 23.0. The predicted molar refractivity (Wildman–Crippen MR) is 92.6 cm³/mol. The predicted octanol–water partition coefficient (Wildman–Crippen LogP) is -1.13. The fourth-order valence-corrected chi connectivity index (χ4v) is 2.58. The Morgan fingerprint density at radius 2 is 1.52 bits per heavy atom. The van der Waals surface area contributed by atoms with Gasteiger partial charge in [0.25, 0.3) is 0 Å². The average molecular weight is 367 g/mol. The number of hydrogen-bond donors (Lipinski definition) is 5. The quantitative estimate of drug-likeness (QED) is 0.292. The summed E-state index contributed by atoms with van der Waals surface area (Å²) in [6, 6.07) is -3.07. The molecule has 0 aromatic heterocycles. The number of carboxylic acid groups (broad SMARTS) is 1. The van der Waals surface area contributed by atoms with E-state index in [1.807, 2.05) is 12.5 Å². The Hall–Kier alpha value is -0.970. The second-order valence-electron chi connectivity index (χ2n) is 4.81. The molecule has 0 bridgehead atoms. The SMILES string of the molecule is CSCCC(N)C(=O)NC(CO)C(=O)NC(CCSC)C(=O)O. The van der Waals surface area contributed by atoms with Gasteiger partial charge in [-0.05, 0) is 36.9 Å². The first-order valence-corrected chi connectivity index (χ1v) is 9.84. The Bertz CT molecular complexity index is 398. The number of rotatable bonds is 12. The number of hydrogen-bond acceptors (Lipinski definition) is 7. The molecule has 0 radical (unpaired) electrons. The zero-order chi connectivity index (χ0) is 17.8. The lowest BCUT2D eigenvalue weighted by molar-refractivity contribution is -0.142. The molecule has 2 amide bonds. The third kappa shape index (κ3) is 9.04. The number of carbonyl (C=O) groups is 3. The summed E-state index contributed by atoms with van der Waals surface area (Å²) in [7, 11) is 0. The Morgan fingerprint density at radius 3 is 2.00 bits per heavy atom. The van der Waals surface area contributed by atoms with E-state index in [9.17, 15) is 19.5 Å². The number of thioether (sulfide) groups is 2. The number of nitrogens with two attached hydrogens (primary N) is 1. The minimum atomic E-state index is -1.22. The molecule has 3 atom stereocenters. The van der Waals surface area contributed by atoms with E-state index >= 15 is 0 Å². The standard InChI is InChI=1S/C13H25N3O5S2/c1-22-5-3-8(14)11(18)16-10(7-17)12(19)15-9(13(20)21)4-6-23-2/h8-10,17H,3-7,14H2,1-2H3,(H,15,19)(H,16,18)(H,20,21). The van der Waals surface area contributed by atoms with Crippen molar-refractivity contribution in [1.82, 2.24) is 10.6 Å². The van der Waals surface area contributed by atoms with Crippen molar-refractivity contribution in [3.8, 4) is 0 Å². The van der Waals surface area contributed by atoms with Gasteiger partial charge in [0, 0.05) is 0 Å². The van der Waals surface area contributed by atoms with E-state index < -0.39 is 42.5 Å². The summed E-state index contributed by atoms with van der Waals surface area (Å²) >= 11 is 3.00. The molecule has 6 N–H and O–H groups in total. The molecule has 0 saturated heterocycles. The van der Waals surface area contributed by atoms with Crippen LogP contribution >= 0.6 is 23.5 Å². The van der Waals surface area contributed by atoms with Crippen LogP contribution in [-0.4, -0.2) is 76.7 Å². The van der Waals surface area contributed by atoms with Crippen LogP contribution < -0.4 is 16.4 Å². The van der Waals surface area contributed by atoms with Gasteiger partial charge in [-0.15, -0.1) is 0 Å². The highest BCUT2D eigenvalue weighted by atomic mass is 32.2. The lowest BCUT2D eigenvalue weighted by Gasteiger charge is -2.21. The summed E-state index contributed by atoms with van der Waals surface area (Å²) in [5.74, 6) is -1.20. The maximum atomic E-state index is 12.0. The number of carbonyl (C=O) groups excluding carboxylic acids is 2. The van der Waals surface area contributed by atoms with E-state index in [0.29, 0.717) is 17.9 Å². The first-order chi connectivity index (χ1) is 10.9. The zero-order valence-corrected chi connectivity index (χ0v) is 14.9. The maximum absolute atomic E-state index is 12.0. The molecule has 0 spiro atoms. The van der Waals surface area contributed by atoms with E-state index in [-0.39, 0.29) is 6.42 Å². The fourth-order valence-electron chi connectivity index (χ4n) is 1.61. The maximum Gasteiger partial charge on any atom is 0.326 e. The molecule has 0 fully saturated rings. The Morgan fingerprint density at radius 1 is 1.00 bits per heavy atom. The van der Waals surface area contributed by atoms with Crippen LogP contribution in [0.15, 0.2) is 0 Å². The van der Waals surface area contributed by atoms with Crippen molar-refractivity contribution in [2.45, 2.75) is 31.0 Å². The third-order valence-electron chi connectivity index (χ3n) is 3.01. The van der Waals surface area contributed by atoms with Crippen LogP contribution in [-0.2, 0) is 14.4 Å². The van der Waals surface area contributed by atoms with Crippen LogP contribution in [0.25, 0.3) is 0 Å². The van der Waals surface area contributed by atoms with Gasteiger partial charge in [0.05, 0.1) is 12.6 Å². The van der Waals surface area contributed by atoms with Crippen molar-refractivity contribution in [1.29, 1.82) is 0 Å². The zero-order valence-electron chi connectivity index (χ0n) is 13.3. The topological polar surface area (TPSA) is 142 Å². The number of aliphatic hydroxyl groups is 1. The fraction of sp³-hybridized carbons (Fsp3) is 0.769. The number of amides is 2. The van der Waals surface area contributed by atoms with Crippen molar-refractivity contribution in [3.05, 3.63) is 0 Å². The smallest absolute Gasteiger partial charge is 0.326 e. The molecule has 0 saturated carbocycles. The van der Waals surface area contributed by atoms with Gasteiger partial charge in [-0.25, -0.2) is 4.79 Å². The highest BCUT2D eigenvalue weighted by Gasteiger charge is 2.27. The van der Waals surface area contributed by atoms with E-state index in [1.54, 1.807) is 11.8 Å². The van der Waals surface area contributed by atoms with Gasteiger partial charge >= 0.3 is 5.97 Å². The van der Waals surface area contributed by atoms with E-state index in [1.165, 1.54) is 11.8 Å². The molecule has 10 heteroatoms. The minimum Gasteiger partial charge on any atom is -0.480 e. The van der Waals surface area contributed by atoms with Gasteiger partial charge in [0.15, 0.2) is 0 Å². The molecule has 0 aliphatic heterocycles. The van der Waals surface area contributed by atoms with Crippen LogP contribution in [0.2, 0.25) is 0 Å². The molecular weight excluding hydrogens is 342 g/mol. The van der Waals surface area contributed by atoms with Crippen LogP contribution in [0.3, 0.4) is 0 Å². The Labute approximate surface area is 144 Å². The van der Waals surface area contributed by atoms with Crippen molar-refractivity contribution < 1.29 is 24.6 Å². The third-order valence-corrected chi connectivity index (χ3v) is 4.30. The van der Waals surface area contributed by atoms with Crippen LogP contribution in [0.1, 0.15) is 12.8 Å². The van der Waals surface area contributed by atoms with Crippen molar-refractivity contribution in [3.63, 3.8) is 0 Å². The van der Waals surface area contributed by atoms with Crippen molar-refractivity contribution >= 4 is 41.3 Å².